The topological polar surface area (TPSA) is 12.0 Å². The Balaban J connectivity index is 2.60. The number of halogens is 2. The van der Waals surface area contributed by atoms with Crippen LogP contribution in [0.1, 0.15) is 38.7 Å². The van der Waals surface area contributed by atoms with Crippen LogP contribution in [0.15, 0.2) is 18.2 Å². The van der Waals surface area contributed by atoms with Gasteiger partial charge in [-0.3, -0.25) is 0 Å². The standard InChI is InChI=1S/C15H23ClFN/c1-3-5-12(11-18-8-4-2)9-13-10-14(17)6-7-15(13)16/h6-7,10,12,18H,3-5,8-9,11H2,1-2H3. The average Bonchev–Trinajstić information content (AvgIpc) is 2.34. The number of rotatable bonds is 8. The van der Waals surface area contributed by atoms with E-state index in [0.29, 0.717) is 10.9 Å². The molecule has 1 rings (SSSR count). The molecule has 0 spiro atoms. The molecule has 0 saturated carbocycles. The molecular formula is C15H23ClFN. The normalized spacial score (nSPS) is 12.7. The number of hydrogen-bond acceptors (Lipinski definition) is 1. The van der Waals surface area contributed by atoms with Crippen LogP contribution in [0.5, 0.6) is 0 Å². The third-order valence-corrected chi connectivity index (χ3v) is 3.44. The van der Waals surface area contributed by atoms with E-state index >= 15 is 0 Å². The predicted molar refractivity (Wildman–Crippen MR) is 76.7 cm³/mol. The van der Waals surface area contributed by atoms with Crippen molar-refractivity contribution in [2.45, 2.75) is 39.5 Å². The van der Waals surface area contributed by atoms with Gasteiger partial charge in [0.25, 0.3) is 0 Å². The van der Waals surface area contributed by atoms with E-state index < -0.39 is 0 Å². The molecule has 0 fully saturated rings. The van der Waals surface area contributed by atoms with Gasteiger partial charge in [0.2, 0.25) is 0 Å². The third-order valence-electron chi connectivity index (χ3n) is 3.07. The minimum atomic E-state index is -0.203. The van der Waals surface area contributed by atoms with Crippen LogP contribution in [0.3, 0.4) is 0 Å². The number of benzene rings is 1. The Bertz CT molecular complexity index is 354. The van der Waals surface area contributed by atoms with E-state index in [-0.39, 0.29) is 5.82 Å². The molecule has 18 heavy (non-hydrogen) atoms. The fourth-order valence-electron chi connectivity index (χ4n) is 2.18. The largest absolute Gasteiger partial charge is 0.316 e. The van der Waals surface area contributed by atoms with Gasteiger partial charge >= 0.3 is 0 Å². The molecule has 102 valence electrons. The van der Waals surface area contributed by atoms with Crippen molar-refractivity contribution in [1.82, 2.24) is 5.32 Å². The third kappa shape index (κ3) is 5.36. The van der Waals surface area contributed by atoms with Gasteiger partial charge in [-0.05, 0) is 62.0 Å². The smallest absolute Gasteiger partial charge is 0.123 e. The van der Waals surface area contributed by atoms with Crippen molar-refractivity contribution in [2.75, 3.05) is 13.1 Å². The monoisotopic (exact) mass is 271 g/mol. The van der Waals surface area contributed by atoms with Gasteiger partial charge < -0.3 is 5.32 Å². The maximum absolute atomic E-state index is 13.2. The second-order valence-electron chi connectivity index (χ2n) is 4.80. The minimum absolute atomic E-state index is 0.203. The Kier molecular flexibility index (Phi) is 7.29. The van der Waals surface area contributed by atoms with Gasteiger partial charge in [0, 0.05) is 5.02 Å². The van der Waals surface area contributed by atoms with Gasteiger partial charge in [0.1, 0.15) is 5.82 Å². The maximum atomic E-state index is 13.2. The van der Waals surface area contributed by atoms with Crippen LogP contribution in [0.2, 0.25) is 5.02 Å². The molecule has 3 heteroatoms. The maximum Gasteiger partial charge on any atom is 0.123 e. The number of hydrogen-bond donors (Lipinski definition) is 1. The van der Waals surface area contributed by atoms with E-state index in [1.807, 2.05) is 0 Å². The van der Waals surface area contributed by atoms with Crippen molar-refractivity contribution < 1.29 is 4.39 Å². The lowest BCUT2D eigenvalue weighted by molar-refractivity contribution is 0.438. The van der Waals surface area contributed by atoms with Gasteiger partial charge in [-0.25, -0.2) is 4.39 Å². The molecule has 1 nitrogen and oxygen atoms in total. The van der Waals surface area contributed by atoms with Crippen LogP contribution >= 0.6 is 11.6 Å². The molecule has 1 aromatic carbocycles. The molecule has 0 aromatic heterocycles. The quantitative estimate of drug-likeness (QED) is 0.690. The molecule has 0 aliphatic rings. The molecule has 1 aromatic rings. The van der Waals surface area contributed by atoms with Crippen molar-refractivity contribution in [3.63, 3.8) is 0 Å². The van der Waals surface area contributed by atoms with Gasteiger partial charge in [-0.15, -0.1) is 0 Å². The summed E-state index contributed by atoms with van der Waals surface area (Å²) in [6.07, 6.45) is 4.27. The highest BCUT2D eigenvalue weighted by Gasteiger charge is 2.11. The summed E-state index contributed by atoms with van der Waals surface area (Å²) < 4.78 is 13.2. The van der Waals surface area contributed by atoms with E-state index in [1.54, 1.807) is 12.1 Å². The van der Waals surface area contributed by atoms with E-state index in [1.165, 1.54) is 6.07 Å². The lowest BCUT2D eigenvalue weighted by Crippen LogP contribution is -2.25. The van der Waals surface area contributed by atoms with Gasteiger partial charge in [0.15, 0.2) is 0 Å². The average molecular weight is 272 g/mol. The molecule has 1 N–H and O–H groups in total. The summed E-state index contributed by atoms with van der Waals surface area (Å²) in [5.74, 6) is 0.326. The molecule has 1 unspecified atom stereocenters. The first-order valence-electron chi connectivity index (χ1n) is 6.82. The van der Waals surface area contributed by atoms with Crippen molar-refractivity contribution in [2.24, 2.45) is 5.92 Å². The van der Waals surface area contributed by atoms with Crippen LogP contribution in [0, 0.1) is 11.7 Å². The fraction of sp³-hybridized carbons (Fsp3) is 0.600. The van der Waals surface area contributed by atoms with Gasteiger partial charge in [-0.1, -0.05) is 31.9 Å². The fourth-order valence-corrected chi connectivity index (χ4v) is 2.37. The van der Waals surface area contributed by atoms with E-state index in [9.17, 15) is 4.39 Å². The summed E-state index contributed by atoms with van der Waals surface area (Å²) >= 11 is 6.11. The summed E-state index contributed by atoms with van der Waals surface area (Å²) in [5.41, 5.74) is 0.924. The zero-order valence-corrected chi connectivity index (χ0v) is 12.1. The summed E-state index contributed by atoms with van der Waals surface area (Å²) in [6.45, 7) is 6.36. The molecule has 0 saturated heterocycles. The minimum Gasteiger partial charge on any atom is -0.316 e. The summed E-state index contributed by atoms with van der Waals surface area (Å²) in [4.78, 5) is 0. The van der Waals surface area contributed by atoms with Gasteiger partial charge in [-0.2, -0.15) is 0 Å². The molecular weight excluding hydrogens is 249 g/mol. The Labute approximate surface area is 115 Å². The SMILES string of the molecule is CCCNCC(CCC)Cc1cc(F)ccc1Cl. The second-order valence-corrected chi connectivity index (χ2v) is 5.21. The first-order chi connectivity index (χ1) is 8.67. The second kappa shape index (κ2) is 8.49. The molecule has 0 heterocycles. The van der Waals surface area contributed by atoms with Crippen LogP contribution in [-0.2, 0) is 6.42 Å². The number of nitrogens with one attached hydrogen (secondary N) is 1. The molecule has 1 atom stereocenters. The zero-order chi connectivity index (χ0) is 13.4. The zero-order valence-electron chi connectivity index (χ0n) is 11.3. The highest BCUT2D eigenvalue weighted by Crippen LogP contribution is 2.22. The van der Waals surface area contributed by atoms with Crippen molar-refractivity contribution in [3.05, 3.63) is 34.6 Å². The van der Waals surface area contributed by atoms with Crippen LogP contribution in [0.4, 0.5) is 4.39 Å². The lowest BCUT2D eigenvalue weighted by atomic mass is 9.95. The molecule has 0 bridgehead atoms. The summed E-state index contributed by atoms with van der Waals surface area (Å²) in [7, 11) is 0. The highest BCUT2D eigenvalue weighted by atomic mass is 35.5. The first-order valence-corrected chi connectivity index (χ1v) is 7.19. The summed E-state index contributed by atoms with van der Waals surface area (Å²) in [5, 5.41) is 4.11. The Hall–Kier alpha value is -0.600. The van der Waals surface area contributed by atoms with Crippen molar-refractivity contribution in [3.8, 4) is 0 Å². The molecule has 0 aliphatic heterocycles. The van der Waals surface area contributed by atoms with E-state index in [0.717, 1.165) is 44.3 Å². The Morgan fingerprint density at radius 3 is 2.72 bits per heavy atom. The van der Waals surface area contributed by atoms with E-state index in [4.69, 9.17) is 11.6 Å². The molecule has 0 radical (unpaired) electrons. The van der Waals surface area contributed by atoms with E-state index in [2.05, 4.69) is 19.2 Å². The van der Waals surface area contributed by atoms with Crippen molar-refractivity contribution in [1.29, 1.82) is 0 Å². The molecule has 0 amide bonds. The van der Waals surface area contributed by atoms with Gasteiger partial charge in [0.05, 0.1) is 0 Å². The summed E-state index contributed by atoms with van der Waals surface area (Å²) in [6, 6.07) is 4.62. The van der Waals surface area contributed by atoms with Crippen molar-refractivity contribution >= 4 is 11.6 Å². The highest BCUT2D eigenvalue weighted by molar-refractivity contribution is 6.31. The Morgan fingerprint density at radius 1 is 1.28 bits per heavy atom. The van der Waals surface area contributed by atoms with Crippen LogP contribution < -0.4 is 5.32 Å². The first kappa shape index (κ1) is 15.5. The lowest BCUT2D eigenvalue weighted by Gasteiger charge is -2.17. The Morgan fingerprint density at radius 2 is 2.06 bits per heavy atom. The molecule has 0 aliphatic carbocycles. The van der Waals surface area contributed by atoms with Crippen LogP contribution in [-0.4, -0.2) is 13.1 Å². The van der Waals surface area contributed by atoms with Crippen LogP contribution in [0.25, 0.3) is 0 Å². The predicted octanol–water partition coefficient (Wildman–Crippen LogP) is 4.44.